The third kappa shape index (κ3) is 6.95. The maximum Gasteiger partial charge on any atom is 4.00 e. The molecule has 0 fully saturated rings. The van der Waals surface area contributed by atoms with Crippen molar-refractivity contribution in [3.05, 3.63) is 64.8 Å². The Morgan fingerprint density at radius 1 is 1.00 bits per heavy atom. The number of fused-ring (bicyclic) bond motifs is 1. The zero-order valence-electron chi connectivity index (χ0n) is 16.3. The summed E-state index contributed by atoms with van der Waals surface area (Å²) in [6.07, 6.45) is 3.44. The standard InChI is InChI=1S/C12H13.C10H15.2HI.Zr/c1-9(2)12-7-10-5-3-4-6-11(10)8-12;1-7-6-10(4,5)9(3)8(7)2;;;/h3-9H,1-2H3;1-5H3;2*1H;/q2*-1;;;+4/p-2. The molecule has 1 aliphatic rings. The second-order valence-electron chi connectivity index (χ2n) is 7.20. The Labute approximate surface area is 207 Å². The molecule has 0 heterocycles. The van der Waals surface area contributed by atoms with Crippen LogP contribution in [0.25, 0.3) is 10.8 Å². The molecule has 2 aromatic carbocycles. The van der Waals surface area contributed by atoms with Gasteiger partial charge in [-0.2, -0.15) is 17.2 Å². The summed E-state index contributed by atoms with van der Waals surface area (Å²) in [5.41, 5.74) is 5.84. The van der Waals surface area contributed by atoms with E-state index < -0.39 is 0 Å². The van der Waals surface area contributed by atoms with Crippen LogP contribution in [0, 0.1) is 11.5 Å². The zero-order valence-corrected chi connectivity index (χ0v) is 23.1. The van der Waals surface area contributed by atoms with Crippen LogP contribution in [-0.2, 0) is 26.2 Å². The summed E-state index contributed by atoms with van der Waals surface area (Å²) in [7, 11) is 0. The Morgan fingerprint density at radius 3 is 1.92 bits per heavy atom. The first-order valence-corrected chi connectivity index (χ1v) is 8.18. The number of hydrogen-bond acceptors (Lipinski definition) is 0. The van der Waals surface area contributed by atoms with Crippen LogP contribution in [0.4, 0.5) is 0 Å². The minimum absolute atomic E-state index is 0. The van der Waals surface area contributed by atoms with E-state index in [0.29, 0.717) is 5.92 Å². The van der Waals surface area contributed by atoms with Gasteiger partial charge in [-0.1, -0.05) is 53.0 Å². The van der Waals surface area contributed by atoms with Gasteiger partial charge in [0.15, 0.2) is 0 Å². The van der Waals surface area contributed by atoms with Crippen LogP contribution >= 0.6 is 0 Å². The van der Waals surface area contributed by atoms with E-state index in [4.69, 9.17) is 0 Å². The Bertz CT molecular complexity index is 700. The van der Waals surface area contributed by atoms with E-state index in [1.807, 2.05) is 0 Å². The first-order valence-electron chi connectivity index (χ1n) is 8.18. The van der Waals surface area contributed by atoms with Crippen molar-refractivity contribution in [3.8, 4) is 0 Å². The molecule has 0 amide bonds. The van der Waals surface area contributed by atoms with Crippen LogP contribution in [0.3, 0.4) is 0 Å². The Morgan fingerprint density at radius 2 is 1.56 bits per heavy atom. The van der Waals surface area contributed by atoms with E-state index in [2.05, 4.69) is 90.9 Å². The topological polar surface area (TPSA) is 0 Å². The number of hydrogen-bond donors (Lipinski definition) is 0. The average molecular weight is 637 g/mol. The summed E-state index contributed by atoms with van der Waals surface area (Å²) in [6.45, 7) is 15.4. The first kappa shape index (κ1) is 27.9. The maximum absolute atomic E-state index is 3.44. The van der Waals surface area contributed by atoms with Gasteiger partial charge in [-0.3, -0.25) is 6.08 Å². The summed E-state index contributed by atoms with van der Waals surface area (Å²) in [6, 6.07) is 13.1. The molecule has 0 atom stereocenters. The molecule has 134 valence electrons. The minimum Gasteiger partial charge on any atom is -1.00 e. The van der Waals surface area contributed by atoms with Crippen molar-refractivity contribution in [1.29, 1.82) is 0 Å². The molecule has 3 heteroatoms. The molecule has 2 aromatic rings. The van der Waals surface area contributed by atoms with E-state index in [9.17, 15) is 0 Å². The number of halogens is 2. The fourth-order valence-electron chi connectivity index (χ4n) is 2.91. The van der Waals surface area contributed by atoms with Crippen molar-refractivity contribution in [2.45, 2.75) is 54.4 Å². The zero-order chi connectivity index (χ0) is 16.5. The summed E-state index contributed by atoms with van der Waals surface area (Å²) < 4.78 is 0. The Balaban J connectivity index is 0. The molecule has 0 spiro atoms. The number of rotatable bonds is 1. The van der Waals surface area contributed by atoms with Gasteiger partial charge >= 0.3 is 26.2 Å². The molecule has 0 saturated heterocycles. The van der Waals surface area contributed by atoms with Crippen molar-refractivity contribution >= 4 is 10.8 Å². The monoisotopic (exact) mass is 636 g/mol. The van der Waals surface area contributed by atoms with Crippen molar-refractivity contribution in [3.63, 3.8) is 0 Å². The molecule has 0 radical (unpaired) electrons. The molecule has 0 N–H and O–H groups in total. The second-order valence-corrected chi connectivity index (χ2v) is 7.20. The predicted molar refractivity (Wildman–Crippen MR) is 98.2 cm³/mol. The quantitative estimate of drug-likeness (QED) is 0.321. The Kier molecular flexibility index (Phi) is 12.8. The molecular formula is C22H28I2Zr. The molecule has 0 aliphatic heterocycles. The maximum atomic E-state index is 3.44. The summed E-state index contributed by atoms with van der Waals surface area (Å²) in [4.78, 5) is 0. The summed E-state index contributed by atoms with van der Waals surface area (Å²) in [5, 5.41) is 2.72. The third-order valence-corrected chi connectivity index (χ3v) is 4.87. The molecule has 0 aromatic heterocycles. The molecule has 0 nitrogen and oxygen atoms in total. The van der Waals surface area contributed by atoms with Crippen molar-refractivity contribution in [1.82, 2.24) is 0 Å². The van der Waals surface area contributed by atoms with Gasteiger partial charge in [-0.15, -0.1) is 47.5 Å². The van der Waals surface area contributed by atoms with Gasteiger partial charge in [0.05, 0.1) is 0 Å². The molecule has 3 rings (SSSR count). The fraction of sp³-hybridized carbons (Fsp3) is 0.409. The smallest absolute Gasteiger partial charge is 1.00 e. The molecule has 1 aliphatic carbocycles. The Hall–Kier alpha value is 0.653. The van der Waals surface area contributed by atoms with Crippen molar-refractivity contribution < 1.29 is 74.2 Å². The van der Waals surface area contributed by atoms with Gasteiger partial charge in [0.25, 0.3) is 0 Å². The minimum atomic E-state index is 0. The van der Waals surface area contributed by atoms with E-state index in [1.165, 1.54) is 33.1 Å². The van der Waals surface area contributed by atoms with Crippen molar-refractivity contribution in [2.75, 3.05) is 0 Å². The molecular weight excluding hydrogens is 609 g/mol. The van der Waals surface area contributed by atoms with Gasteiger partial charge in [0.1, 0.15) is 0 Å². The van der Waals surface area contributed by atoms with Gasteiger partial charge < -0.3 is 48.0 Å². The number of allylic oxidation sites excluding steroid dienone is 4. The molecule has 0 unspecified atom stereocenters. The second kappa shape index (κ2) is 11.5. The third-order valence-electron chi connectivity index (χ3n) is 4.87. The van der Waals surface area contributed by atoms with E-state index >= 15 is 0 Å². The van der Waals surface area contributed by atoms with Crippen LogP contribution in [0.2, 0.25) is 0 Å². The molecule has 0 bridgehead atoms. The largest absolute Gasteiger partial charge is 4.00 e. The average Bonchev–Trinajstić information content (AvgIpc) is 2.96. The van der Waals surface area contributed by atoms with E-state index in [-0.39, 0.29) is 79.6 Å². The predicted octanol–water partition coefficient (Wildman–Crippen LogP) is 0.800. The van der Waals surface area contributed by atoms with Gasteiger partial charge in [0.2, 0.25) is 0 Å². The van der Waals surface area contributed by atoms with Crippen LogP contribution in [0.5, 0.6) is 0 Å². The first-order chi connectivity index (χ1) is 10.2. The van der Waals surface area contributed by atoms with Gasteiger partial charge in [-0.05, 0) is 5.92 Å². The molecule has 0 saturated carbocycles. The van der Waals surface area contributed by atoms with Crippen LogP contribution in [0.15, 0.2) is 53.1 Å². The normalized spacial score (nSPS) is 14.8. The van der Waals surface area contributed by atoms with Crippen molar-refractivity contribution in [2.24, 2.45) is 5.41 Å². The SMILES string of the molecule is CC(C)c1cc2ccccc2[cH-]1.CC1=[C-]C(C)(C)C(C)=C1C.[I-].[I-].[Zr+4]. The van der Waals surface area contributed by atoms with Gasteiger partial charge in [-0.25, -0.2) is 5.57 Å². The van der Waals surface area contributed by atoms with E-state index in [0.717, 1.165) is 0 Å². The summed E-state index contributed by atoms with van der Waals surface area (Å²) in [5.74, 6) is 0.636. The van der Waals surface area contributed by atoms with Crippen LogP contribution in [0.1, 0.15) is 59.9 Å². The number of benzene rings is 1. The van der Waals surface area contributed by atoms with E-state index in [1.54, 1.807) is 0 Å². The fourth-order valence-corrected chi connectivity index (χ4v) is 2.91. The van der Waals surface area contributed by atoms with Crippen LogP contribution < -0.4 is 48.0 Å². The summed E-state index contributed by atoms with van der Waals surface area (Å²) >= 11 is 0. The van der Waals surface area contributed by atoms with Crippen LogP contribution in [-0.4, -0.2) is 0 Å². The molecule has 25 heavy (non-hydrogen) atoms. The van der Waals surface area contributed by atoms with Gasteiger partial charge in [0, 0.05) is 0 Å².